The van der Waals surface area contributed by atoms with Gasteiger partial charge in [0.15, 0.2) is 11.3 Å². The minimum atomic E-state index is -0.289. The van der Waals surface area contributed by atoms with Crippen LogP contribution >= 0.6 is 0 Å². The van der Waals surface area contributed by atoms with Crippen LogP contribution in [0.3, 0.4) is 0 Å². The van der Waals surface area contributed by atoms with Gasteiger partial charge in [-0.3, -0.25) is 4.79 Å². The van der Waals surface area contributed by atoms with E-state index in [9.17, 15) is 4.79 Å². The van der Waals surface area contributed by atoms with Crippen molar-refractivity contribution in [2.45, 2.75) is 25.3 Å². The van der Waals surface area contributed by atoms with Crippen molar-refractivity contribution in [3.8, 4) is 0 Å². The summed E-state index contributed by atoms with van der Waals surface area (Å²) in [6, 6.07) is 3.67. The summed E-state index contributed by atoms with van der Waals surface area (Å²) in [5.74, 6) is 0.0274. The topological polar surface area (TPSA) is 98.2 Å². The maximum Gasteiger partial charge on any atom is 0.275 e. The summed E-state index contributed by atoms with van der Waals surface area (Å²) in [4.78, 5) is 16.5. The Bertz CT molecular complexity index is 771. The predicted molar refractivity (Wildman–Crippen MR) is 70.4 cm³/mol. The van der Waals surface area contributed by atoms with Gasteiger partial charge in [-0.1, -0.05) is 5.16 Å². The van der Waals surface area contributed by atoms with E-state index in [4.69, 9.17) is 0 Å². The summed E-state index contributed by atoms with van der Waals surface area (Å²) in [5, 5.41) is 14.4. The lowest BCUT2D eigenvalue weighted by Gasteiger charge is -2.00. The van der Waals surface area contributed by atoms with Crippen LogP contribution in [-0.2, 0) is 6.54 Å². The summed E-state index contributed by atoms with van der Waals surface area (Å²) in [6.45, 7) is 0.305. The van der Waals surface area contributed by atoms with E-state index < -0.39 is 0 Å². The van der Waals surface area contributed by atoms with E-state index in [1.54, 1.807) is 16.9 Å². The third kappa shape index (κ3) is 2.24. The Balaban J connectivity index is 1.48. The van der Waals surface area contributed by atoms with Crippen LogP contribution in [0.2, 0.25) is 0 Å². The molecule has 0 atom stereocenters. The zero-order valence-electron chi connectivity index (χ0n) is 11.1. The number of nitrogens with one attached hydrogen (secondary N) is 1. The van der Waals surface area contributed by atoms with E-state index in [0.717, 1.165) is 24.2 Å². The first-order valence-electron chi connectivity index (χ1n) is 6.71. The Morgan fingerprint density at radius 1 is 1.43 bits per heavy atom. The Morgan fingerprint density at radius 3 is 3.14 bits per heavy atom. The second-order valence-electron chi connectivity index (χ2n) is 5.01. The fraction of sp³-hybridized carbons (Fsp3) is 0.308. The molecule has 1 amide bonds. The monoisotopic (exact) mass is 284 g/mol. The van der Waals surface area contributed by atoms with Gasteiger partial charge >= 0.3 is 0 Å². The molecule has 1 fully saturated rings. The Morgan fingerprint density at radius 2 is 2.33 bits per heavy atom. The van der Waals surface area contributed by atoms with Gasteiger partial charge in [0.25, 0.3) is 5.91 Å². The number of amides is 1. The van der Waals surface area contributed by atoms with Crippen LogP contribution in [0.25, 0.3) is 5.65 Å². The van der Waals surface area contributed by atoms with Gasteiger partial charge in [0.05, 0.1) is 18.4 Å². The highest BCUT2D eigenvalue weighted by Crippen LogP contribution is 2.40. The average Bonchev–Trinajstić information content (AvgIpc) is 3.08. The van der Waals surface area contributed by atoms with E-state index in [1.807, 2.05) is 12.1 Å². The molecule has 0 spiro atoms. The number of carbonyl (C=O) groups excluding carboxylic acids is 1. The summed E-state index contributed by atoms with van der Waals surface area (Å²) in [6.07, 6.45) is 5.53. The van der Waals surface area contributed by atoms with Gasteiger partial charge in [0.1, 0.15) is 5.69 Å². The average molecular weight is 284 g/mol. The van der Waals surface area contributed by atoms with Crippen molar-refractivity contribution >= 4 is 11.6 Å². The summed E-state index contributed by atoms with van der Waals surface area (Å²) >= 11 is 0. The highest BCUT2D eigenvalue weighted by Gasteiger charge is 2.32. The maximum absolute atomic E-state index is 12.1. The van der Waals surface area contributed by atoms with Crippen molar-refractivity contribution in [2.75, 3.05) is 0 Å². The molecule has 1 N–H and O–H groups in total. The minimum absolute atomic E-state index is 0.277. The number of imidazole rings is 1. The number of carbonyl (C=O) groups is 1. The standard InChI is InChI=1S/C13H12N6O2/c20-13(12-11(8-3-4-8)17-21-18-12)14-6-9-7-19-10(16-9)2-1-5-15-19/h1-2,5,7-8H,3-4,6H2,(H,14,20). The molecule has 0 saturated heterocycles. The smallest absolute Gasteiger partial charge is 0.275 e. The lowest BCUT2D eigenvalue weighted by atomic mass is 10.2. The van der Waals surface area contributed by atoms with Crippen molar-refractivity contribution in [2.24, 2.45) is 0 Å². The van der Waals surface area contributed by atoms with Crippen LogP contribution in [0.1, 0.15) is 40.6 Å². The molecule has 3 aromatic heterocycles. The SMILES string of the molecule is O=C(NCc1cn2ncccc2n1)c1nonc1C1CC1. The molecule has 0 unspecified atom stereocenters. The third-order valence-electron chi connectivity index (χ3n) is 3.41. The molecule has 8 heteroatoms. The van der Waals surface area contributed by atoms with E-state index in [0.29, 0.717) is 18.2 Å². The van der Waals surface area contributed by atoms with Crippen molar-refractivity contribution in [3.63, 3.8) is 0 Å². The van der Waals surface area contributed by atoms with Crippen molar-refractivity contribution < 1.29 is 9.42 Å². The quantitative estimate of drug-likeness (QED) is 0.765. The number of hydrogen-bond donors (Lipinski definition) is 1. The molecule has 3 heterocycles. The van der Waals surface area contributed by atoms with Gasteiger partial charge in [-0.05, 0) is 30.1 Å². The van der Waals surface area contributed by atoms with E-state index in [-0.39, 0.29) is 11.6 Å². The normalized spacial score (nSPS) is 14.5. The molecular weight excluding hydrogens is 272 g/mol. The highest BCUT2D eigenvalue weighted by atomic mass is 16.6. The highest BCUT2D eigenvalue weighted by molar-refractivity contribution is 5.93. The third-order valence-corrected chi connectivity index (χ3v) is 3.41. The zero-order chi connectivity index (χ0) is 14.2. The van der Waals surface area contributed by atoms with E-state index in [1.165, 1.54) is 0 Å². The van der Waals surface area contributed by atoms with Crippen molar-refractivity contribution in [3.05, 3.63) is 41.6 Å². The van der Waals surface area contributed by atoms with Gasteiger partial charge in [0.2, 0.25) is 0 Å². The van der Waals surface area contributed by atoms with Crippen molar-refractivity contribution in [1.29, 1.82) is 0 Å². The van der Waals surface area contributed by atoms with Gasteiger partial charge < -0.3 is 5.32 Å². The molecule has 0 bridgehead atoms. The molecule has 0 aromatic carbocycles. The molecular formula is C13H12N6O2. The Hall–Kier alpha value is -2.77. The number of fused-ring (bicyclic) bond motifs is 1. The lowest BCUT2D eigenvalue weighted by Crippen LogP contribution is -2.24. The number of aromatic nitrogens is 5. The van der Waals surface area contributed by atoms with Crippen LogP contribution in [0.15, 0.2) is 29.2 Å². The van der Waals surface area contributed by atoms with E-state index >= 15 is 0 Å². The first kappa shape index (κ1) is 12.0. The molecule has 106 valence electrons. The van der Waals surface area contributed by atoms with Crippen LogP contribution in [0.4, 0.5) is 0 Å². The molecule has 4 rings (SSSR count). The Kier molecular flexibility index (Phi) is 2.66. The summed E-state index contributed by atoms with van der Waals surface area (Å²) < 4.78 is 6.34. The zero-order valence-corrected chi connectivity index (χ0v) is 11.1. The van der Waals surface area contributed by atoms with Crippen LogP contribution < -0.4 is 5.32 Å². The molecule has 8 nitrogen and oxygen atoms in total. The van der Waals surface area contributed by atoms with Crippen LogP contribution in [0.5, 0.6) is 0 Å². The Labute approximate surface area is 119 Å². The molecule has 1 aliphatic carbocycles. The van der Waals surface area contributed by atoms with Gasteiger partial charge in [-0.25, -0.2) is 14.1 Å². The molecule has 0 radical (unpaired) electrons. The molecule has 3 aromatic rings. The lowest BCUT2D eigenvalue weighted by molar-refractivity contribution is 0.0940. The number of hydrogen-bond acceptors (Lipinski definition) is 6. The van der Waals surface area contributed by atoms with Crippen molar-refractivity contribution in [1.82, 2.24) is 30.2 Å². The number of nitrogens with zero attached hydrogens (tertiary/aromatic N) is 5. The summed E-state index contributed by atoms with van der Waals surface area (Å²) in [5.41, 5.74) is 2.40. The first-order chi connectivity index (χ1) is 10.3. The predicted octanol–water partition coefficient (Wildman–Crippen LogP) is 0.920. The van der Waals surface area contributed by atoms with E-state index in [2.05, 4.69) is 30.3 Å². The largest absolute Gasteiger partial charge is 0.345 e. The van der Waals surface area contributed by atoms with Crippen LogP contribution in [-0.4, -0.2) is 30.8 Å². The first-order valence-corrected chi connectivity index (χ1v) is 6.71. The molecule has 0 aliphatic heterocycles. The molecule has 1 aliphatic rings. The fourth-order valence-electron chi connectivity index (χ4n) is 2.20. The fourth-order valence-corrected chi connectivity index (χ4v) is 2.20. The second-order valence-corrected chi connectivity index (χ2v) is 5.01. The van der Waals surface area contributed by atoms with Gasteiger partial charge in [-0.2, -0.15) is 5.10 Å². The summed E-state index contributed by atoms with van der Waals surface area (Å²) in [7, 11) is 0. The van der Waals surface area contributed by atoms with Crippen LogP contribution in [0, 0.1) is 0 Å². The van der Waals surface area contributed by atoms with Gasteiger partial charge in [0, 0.05) is 12.1 Å². The molecule has 1 saturated carbocycles. The van der Waals surface area contributed by atoms with Gasteiger partial charge in [-0.15, -0.1) is 0 Å². The maximum atomic E-state index is 12.1. The second kappa shape index (κ2) is 4.65. The number of rotatable bonds is 4. The minimum Gasteiger partial charge on any atom is -0.345 e. The molecule has 21 heavy (non-hydrogen) atoms.